The lowest BCUT2D eigenvalue weighted by atomic mass is 9.73. The van der Waals surface area contributed by atoms with Crippen molar-refractivity contribution in [2.24, 2.45) is 0 Å². The van der Waals surface area contributed by atoms with Gasteiger partial charge in [0.15, 0.2) is 0 Å². The highest BCUT2D eigenvalue weighted by atomic mass is 19.3. The Bertz CT molecular complexity index is 1230. The van der Waals surface area contributed by atoms with Gasteiger partial charge in [-0.3, -0.25) is 9.78 Å². The minimum absolute atomic E-state index is 0.0676. The Morgan fingerprint density at radius 1 is 1.24 bits per heavy atom. The highest BCUT2D eigenvalue weighted by Gasteiger charge is 2.36. The standard InChI is InChI=1S/C31H36F2N3O/c1-7-12-17-30(10-4,16-8-2)26-20-23(31(32,33)11-5)19-25(35-26)24-15-18-34-28(27(24)21(6)9-3)36-29(37)22-13-14-22/h1,9,13-15,18-21H,3,8,10-12,16-17H2,2,4-6H3,(H,34,36,37)/t21-,30?/m0/s1. The molecular weight excluding hydrogens is 468 g/mol. The number of aromatic nitrogens is 2. The minimum Gasteiger partial charge on any atom is -0.307 e. The lowest BCUT2D eigenvalue weighted by molar-refractivity contribution is -0.112. The maximum Gasteiger partial charge on any atom is 0.273 e. The van der Waals surface area contributed by atoms with Crippen molar-refractivity contribution in [3.63, 3.8) is 0 Å². The van der Waals surface area contributed by atoms with Crippen LogP contribution in [-0.2, 0) is 16.1 Å². The summed E-state index contributed by atoms with van der Waals surface area (Å²) in [5.41, 5.74) is 2.47. The average Bonchev–Trinajstić information content (AvgIpc) is 3.76. The Morgan fingerprint density at radius 3 is 2.54 bits per heavy atom. The summed E-state index contributed by atoms with van der Waals surface area (Å²) in [5.74, 6) is -0.412. The van der Waals surface area contributed by atoms with Crippen LogP contribution in [0.25, 0.3) is 11.3 Å². The molecule has 0 aliphatic heterocycles. The normalized spacial score (nSPS) is 15.2. The summed E-state index contributed by atoms with van der Waals surface area (Å²) in [6, 6.07) is 4.80. The van der Waals surface area contributed by atoms with Crippen LogP contribution in [0.3, 0.4) is 0 Å². The summed E-state index contributed by atoms with van der Waals surface area (Å²) < 4.78 is 30.4. The number of halogens is 2. The molecule has 0 aromatic carbocycles. The third-order valence-corrected chi connectivity index (χ3v) is 7.29. The average molecular weight is 505 g/mol. The van der Waals surface area contributed by atoms with Crippen LogP contribution in [0.1, 0.15) is 89.0 Å². The molecule has 1 N–H and O–H groups in total. The fraction of sp³-hybridized carbons (Fsp3) is 0.419. The zero-order valence-corrected chi connectivity index (χ0v) is 22.2. The van der Waals surface area contributed by atoms with Gasteiger partial charge < -0.3 is 5.32 Å². The second-order valence-corrected chi connectivity index (χ2v) is 9.66. The predicted molar refractivity (Wildman–Crippen MR) is 146 cm³/mol. The molecule has 1 aliphatic carbocycles. The van der Waals surface area contributed by atoms with Gasteiger partial charge in [0.05, 0.1) is 5.69 Å². The quantitative estimate of drug-likeness (QED) is 0.223. The maximum absolute atomic E-state index is 15.2. The molecule has 2 atom stereocenters. The monoisotopic (exact) mass is 504 g/mol. The molecule has 3 rings (SSSR count). The number of carbonyl (C=O) groups excluding carboxylic acids is 1. The Labute approximate surface area is 219 Å². The molecule has 0 bridgehead atoms. The van der Waals surface area contributed by atoms with Crippen molar-refractivity contribution < 1.29 is 13.6 Å². The van der Waals surface area contributed by atoms with Crippen molar-refractivity contribution in [1.82, 2.24) is 9.97 Å². The molecule has 4 nitrogen and oxygen atoms in total. The second-order valence-electron chi connectivity index (χ2n) is 9.66. The van der Waals surface area contributed by atoms with Gasteiger partial charge in [0.2, 0.25) is 0 Å². The third kappa shape index (κ3) is 6.15. The van der Waals surface area contributed by atoms with Crippen molar-refractivity contribution in [1.29, 1.82) is 0 Å². The number of alkyl halides is 2. The van der Waals surface area contributed by atoms with E-state index in [4.69, 9.17) is 11.4 Å². The van der Waals surface area contributed by atoms with E-state index < -0.39 is 11.3 Å². The van der Waals surface area contributed by atoms with Gasteiger partial charge in [0.1, 0.15) is 5.82 Å². The van der Waals surface area contributed by atoms with Crippen LogP contribution >= 0.6 is 0 Å². The minimum atomic E-state index is -3.02. The van der Waals surface area contributed by atoms with Crippen LogP contribution < -0.4 is 5.32 Å². The van der Waals surface area contributed by atoms with E-state index in [1.807, 2.05) is 6.92 Å². The smallest absolute Gasteiger partial charge is 0.273 e. The highest BCUT2D eigenvalue weighted by molar-refractivity contribution is 6.09. The van der Waals surface area contributed by atoms with Crippen LogP contribution in [0.15, 0.2) is 48.7 Å². The maximum atomic E-state index is 15.2. The number of carbonyl (C=O) groups is 1. The molecule has 0 saturated heterocycles. The van der Waals surface area contributed by atoms with Crippen molar-refractivity contribution in [3.8, 4) is 23.6 Å². The topological polar surface area (TPSA) is 54.9 Å². The first-order valence-corrected chi connectivity index (χ1v) is 13.0. The van der Waals surface area contributed by atoms with E-state index in [1.165, 1.54) is 13.0 Å². The van der Waals surface area contributed by atoms with Gasteiger partial charge in [-0.2, -0.15) is 0 Å². The molecule has 37 heavy (non-hydrogen) atoms. The number of nitrogens with zero attached hydrogens (tertiary/aromatic N) is 2. The van der Waals surface area contributed by atoms with E-state index in [2.05, 4.69) is 36.6 Å². The highest BCUT2D eigenvalue weighted by Crippen LogP contribution is 2.43. The van der Waals surface area contributed by atoms with Crippen LogP contribution in [0.2, 0.25) is 0 Å². The van der Waals surface area contributed by atoms with Gasteiger partial charge >= 0.3 is 0 Å². The molecule has 195 valence electrons. The summed E-state index contributed by atoms with van der Waals surface area (Å²) >= 11 is 0. The first-order chi connectivity index (χ1) is 17.7. The summed E-state index contributed by atoms with van der Waals surface area (Å²) in [7, 11) is 0. The van der Waals surface area contributed by atoms with E-state index in [0.717, 1.165) is 19.3 Å². The van der Waals surface area contributed by atoms with Gasteiger partial charge in [-0.15, -0.1) is 18.9 Å². The summed E-state index contributed by atoms with van der Waals surface area (Å²) in [6.07, 6.45) is 15.6. The van der Waals surface area contributed by atoms with Gasteiger partial charge in [0.25, 0.3) is 11.8 Å². The van der Waals surface area contributed by atoms with Gasteiger partial charge in [-0.1, -0.05) is 46.3 Å². The van der Waals surface area contributed by atoms with Crippen LogP contribution in [-0.4, -0.2) is 15.9 Å². The lowest BCUT2D eigenvalue weighted by Gasteiger charge is -2.33. The molecule has 0 fully saturated rings. The number of allylic oxidation sites excluding steroid dienone is 2. The van der Waals surface area contributed by atoms with E-state index in [-0.39, 0.29) is 23.8 Å². The number of hydrogen-bond donors (Lipinski definition) is 1. The Kier molecular flexibility index (Phi) is 9.02. The zero-order valence-electron chi connectivity index (χ0n) is 22.2. The predicted octanol–water partition coefficient (Wildman–Crippen LogP) is 7.88. The summed E-state index contributed by atoms with van der Waals surface area (Å²) in [6.45, 7) is 11.5. The Hall–Kier alpha value is -3.33. The van der Waals surface area contributed by atoms with Crippen molar-refractivity contribution >= 4 is 11.7 Å². The molecule has 2 aromatic heterocycles. The summed E-state index contributed by atoms with van der Waals surface area (Å²) in [5, 5.41) is 2.86. The number of rotatable bonds is 13. The molecule has 1 unspecified atom stereocenters. The van der Waals surface area contributed by atoms with Crippen LogP contribution in [0.4, 0.5) is 14.6 Å². The number of amides is 1. The molecule has 0 saturated carbocycles. The molecule has 1 radical (unpaired) electrons. The first kappa shape index (κ1) is 28.2. The molecule has 6 heteroatoms. The number of nitrogens with one attached hydrogen (secondary N) is 1. The van der Waals surface area contributed by atoms with Gasteiger partial charge in [-0.05, 0) is 37.5 Å². The van der Waals surface area contributed by atoms with E-state index in [0.29, 0.717) is 46.7 Å². The molecule has 0 spiro atoms. The van der Waals surface area contributed by atoms with E-state index in [9.17, 15) is 4.79 Å². The summed E-state index contributed by atoms with van der Waals surface area (Å²) in [4.78, 5) is 21.9. The second kappa shape index (κ2) is 11.8. The molecule has 1 aliphatic rings. The van der Waals surface area contributed by atoms with Gasteiger partial charge in [0, 0.05) is 64.7 Å². The number of terminal acetylenes is 1. The number of hydrogen-bond acceptors (Lipinski definition) is 3. The third-order valence-electron chi connectivity index (χ3n) is 7.29. The van der Waals surface area contributed by atoms with Crippen LogP contribution in [0, 0.1) is 18.8 Å². The molecule has 2 heterocycles. The zero-order chi connectivity index (χ0) is 27.2. The Morgan fingerprint density at radius 2 is 1.97 bits per heavy atom. The fourth-order valence-electron chi connectivity index (χ4n) is 4.81. The first-order valence-electron chi connectivity index (χ1n) is 13.0. The van der Waals surface area contributed by atoms with Crippen molar-refractivity contribution in [3.05, 3.63) is 71.9 Å². The molecule has 1 amide bonds. The van der Waals surface area contributed by atoms with Crippen molar-refractivity contribution in [2.75, 3.05) is 5.32 Å². The van der Waals surface area contributed by atoms with Gasteiger partial charge in [-0.25, -0.2) is 13.8 Å². The van der Waals surface area contributed by atoms with Crippen LogP contribution in [0.5, 0.6) is 0 Å². The van der Waals surface area contributed by atoms with E-state index >= 15 is 8.78 Å². The number of anilines is 1. The number of pyridine rings is 2. The van der Waals surface area contributed by atoms with Crippen molar-refractivity contribution in [2.45, 2.75) is 83.5 Å². The fourth-order valence-corrected chi connectivity index (χ4v) is 4.81. The Balaban J connectivity index is 2.29. The molecular formula is C31H36F2N3O. The van der Waals surface area contributed by atoms with E-state index in [1.54, 1.807) is 36.9 Å². The molecule has 2 aromatic rings. The lowest BCUT2D eigenvalue weighted by Crippen LogP contribution is -2.28. The SMILES string of the molecule is C#CCCC(CC)(CCC)c1cc(C(F)(F)CC)cc(-c2ccnc(NC(=O)C3=C[CH]3)c2[C@@H](C)C=C)n1. The largest absolute Gasteiger partial charge is 0.307 e.